The lowest BCUT2D eigenvalue weighted by Crippen LogP contribution is -2.52. The maximum Gasteiger partial charge on any atom is 0.273 e. The highest BCUT2D eigenvalue weighted by Gasteiger charge is 2.54. The number of hydrogen-bond acceptors (Lipinski definition) is 5. The highest BCUT2D eigenvalue weighted by molar-refractivity contribution is 9.12. The van der Waals surface area contributed by atoms with Gasteiger partial charge in [0.2, 0.25) is 0 Å². The first kappa shape index (κ1) is 26.1. The third-order valence-electron chi connectivity index (χ3n) is 6.24. The van der Waals surface area contributed by atoms with E-state index >= 15 is 0 Å². The van der Waals surface area contributed by atoms with Crippen LogP contribution in [0.2, 0.25) is 10.0 Å². The van der Waals surface area contributed by atoms with Crippen LogP contribution in [-0.4, -0.2) is 56.8 Å². The Morgan fingerprint density at radius 3 is 2.00 bits per heavy atom. The predicted octanol–water partition coefficient (Wildman–Crippen LogP) is 5.16. The predicted molar refractivity (Wildman–Crippen MR) is 138 cm³/mol. The highest BCUT2D eigenvalue weighted by Crippen LogP contribution is 2.43. The summed E-state index contributed by atoms with van der Waals surface area (Å²) in [5, 5.41) is 2.14. The molecule has 4 rings (SSSR count). The molecule has 1 saturated carbocycles. The maximum atomic E-state index is 13.6. The van der Waals surface area contributed by atoms with E-state index in [2.05, 4.69) is 31.9 Å². The number of methoxy groups -OCH3 is 1. The quantitative estimate of drug-likeness (QED) is 0.246. The summed E-state index contributed by atoms with van der Waals surface area (Å²) in [5.41, 5.74) is 0.393. The van der Waals surface area contributed by atoms with E-state index in [1.165, 1.54) is 25.3 Å². The summed E-state index contributed by atoms with van der Waals surface area (Å²) in [5.74, 6) is -2.76. The molecule has 1 heterocycles. The SMILES string of the molecule is COc1ccc(C(=O)CN(C(=O)c2ccc(Cl)c(Cl)c2)N2C(=O)[C@@H]3C[C@@H](Br)[C@@H](Br)C[C@H]3C2=O)cc1. The monoisotopic (exact) mass is 644 g/mol. The van der Waals surface area contributed by atoms with Crippen LogP contribution in [0.5, 0.6) is 5.75 Å². The zero-order chi connectivity index (χ0) is 25.4. The summed E-state index contributed by atoms with van der Waals surface area (Å²) in [7, 11) is 1.51. The van der Waals surface area contributed by atoms with E-state index in [0.29, 0.717) is 24.2 Å². The molecule has 1 saturated heterocycles. The molecule has 2 fully saturated rings. The van der Waals surface area contributed by atoms with Crippen molar-refractivity contribution in [2.45, 2.75) is 22.5 Å². The van der Waals surface area contributed by atoms with Gasteiger partial charge in [0.05, 0.1) is 29.0 Å². The van der Waals surface area contributed by atoms with E-state index in [1.807, 2.05) is 0 Å². The topological polar surface area (TPSA) is 84.0 Å². The van der Waals surface area contributed by atoms with Gasteiger partial charge in [-0.3, -0.25) is 19.2 Å². The Labute approximate surface area is 228 Å². The molecule has 2 aromatic rings. The van der Waals surface area contributed by atoms with Crippen molar-refractivity contribution in [2.24, 2.45) is 11.8 Å². The fraction of sp³-hybridized carbons (Fsp3) is 0.333. The van der Waals surface area contributed by atoms with Gasteiger partial charge in [-0.05, 0) is 55.3 Å². The van der Waals surface area contributed by atoms with Crippen LogP contribution in [0.3, 0.4) is 0 Å². The van der Waals surface area contributed by atoms with Crippen LogP contribution < -0.4 is 4.74 Å². The second-order valence-corrected chi connectivity index (χ2v) is 11.5. The fourth-order valence-corrected chi connectivity index (χ4v) is 5.87. The van der Waals surface area contributed by atoms with Gasteiger partial charge in [-0.1, -0.05) is 55.1 Å². The number of carbonyl (C=O) groups is 4. The molecule has 0 spiro atoms. The smallest absolute Gasteiger partial charge is 0.273 e. The first-order valence-electron chi connectivity index (χ1n) is 10.7. The summed E-state index contributed by atoms with van der Waals surface area (Å²) in [6.45, 7) is -0.516. The van der Waals surface area contributed by atoms with E-state index in [1.54, 1.807) is 24.3 Å². The third kappa shape index (κ3) is 5.14. The molecule has 0 N–H and O–H groups in total. The molecule has 2 aliphatic rings. The molecular formula is C24H20Br2Cl2N2O5. The average Bonchev–Trinajstić information content (AvgIpc) is 3.08. The summed E-state index contributed by atoms with van der Waals surface area (Å²) in [4.78, 5) is 53.5. The van der Waals surface area contributed by atoms with Gasteiger partial charge in [0.15, 0.2) is 5.78 Å². The molecule has 3 amide bonds. The van der Waals surface area contributed by atoms with Gasteiger partial charge in [0.25, 0.3) is 17.7 Å². The molecule has 1 aliphatic heterocycles. The molecule has 0 bridgehead atoms. The van der Waals surface area contributed by atoms with Crippen molar-refractivity contribution < 1.29 is 23.9 Å². The van der Waals surface area contributed by atoms with Crippen molar-refractivity contribution >= 4 is 78.6 Å². The Balaban J connectivity index is 1.70. The van der Waals surface area contributed by atoms with Gasteiger partial charge < -0.3 is 4.74 Å². The summed E-state index contributed by atoms with van der Waals surface area (Å²) in [6.07, 6.45) is 0.867. The van der Waals surface area contributed by atoms with Crippen LogP contribution in [0.25, 0.3) is 0 Å². The molecule has 7 nitrogen and oxygen atoms in total. The minimum absolute atomic E-state index is 0.000560. The second-order valence-electron chi connectivity index (χ2n) is 8.35. The van der Waals surface area contributed by atoms with E-state index in [0.717, 1.165) is 10.0 Å². The number of carbonyl (C=O) groups excluding carboxylic acids is 4. The lowest BCUT2D eigenvalue weighted by molar-refractivity contribution is -0.154. The van der Waals surface area contributed by atoms with E-state index in [9.17, 15) is 19.2 Å². The van der Waals surface area contributed by atoms with E-state index in [-0.39, 0.29) is 25.3 Å². The van der Waals surface area contributed by atoms with Crippen LogP contribution >= 0.6 is 55.1 Å². The largest absolute Gasteiger partial charge is 0.497 e. The van der Waals surface area contributed by atoms with Crippen LogP contribution in [0.4, 0.5) is 0 Å². The zero-order valence-corrected chi connectivity index (χ0v) is 23.1. The number of alkyl halides is 2. The van der Waals surface area contributed by atoms with Crippen LogP contribution in [0, 0.1) is 11.8 Å². The second kappa shape index (κ2) is 10.6. The van der Waals surface area contributed by atoms with Gasteiger partial charge >= 0.3 is 0 Å². The van der Waals surface area contributed by atoms with Crippen LogP contribution in [0.1, 0.15) is 33.6 Å². The highest BCUT2D eigenvalue weighted by atomic mass is 79.9. The zero-order valence-electron chi connectivity index (χ0n) is 18.4. The summed E-state index contributed by atoms with van der Waals surface area (Å²) in [6, 6.07) is 10.6. The fourth-order valence-electron chi connectivity index (χ4n) is 4.33. The van der Waals surface area contributed by atoms with Crippen molar-refractivity contribution in [3.8, 4) is 5.75 Å². The molecule has 0 unspecified atom stereocenters. The lowest BCUT2D eigenvalue weighted by atomic mass is 9.81. The molecule has 2 aromatic carbocycles. The van der Waals surface area contributed by atoms with Crippen molar-refractivity contribution in [1.29, 1.82) is 0 Å². The molecule has 4 atom stereocenters. The first-order valence-corrected chi connectivity index (χ1v) is 13.3. The summed E-state index contributed by atoms with van der Waals surface area (Å²) < 4.78 is 5.12. The average molecular weight is 647 g/mol. The molecule has 184 valence electrons. The molecule has 0 aromatic heterocycles. The van der Waals surface area contributed by atoms with Gasteiger partial charge in [-0.15, -0.1) is 0 Å². The van der Waals surface area contributed by atoms with Gasteiger partial charge in [0.1, 0.15) is 12.3 Å². The normalized spacial score (nSPS) is 23.7. The van der Waals surface area contributed by atoms with Crippen LogP contribution in [-0.2, 0) is 9.59 Å². The number of ketones is 1. The number of ether oxygens (including phenoxy) is 1. The number of hydrazine groups is 1. The number of benzene rings is 2. The Kier molecular flexibility index (Phi) is 7.90. The number of hydrogen-bond donors (Lipinski definition) is 0. The maximum absolute atomic E-state index is 13.6. The molecule has 1 aliphatic carbocycles. The number of fused-ring (bicyclic) bond motifs is 1. The van der Waals surface area contributed by atoms with Gasteiger partial charge in [-0.2, -0.15) is 5.01 Å². The number of rotatable bonds is 6. The van der Waals surface area contributed by atoms with E-state index < -0.39 is 41.9 Å². The Bertz CT molecular complexity index is 1160. The number of amides is 3. The number of nitrogens with zero attached hydrogens (tertiary/aromatic N) is 2. The molecule has 35 heavy (non-hydrogen) atoms. The van der Waals surface area contributed by atoms with Crippen molar-refractivity contribution in [3.63, 3.8) is 0 Å². The minimum atomic E-state index is -0.712. The molecule has 0 radical (unpaired) electrons. The number of imide groups is 1. The third-order valence-corrected chi connectivity index (χ3v) is 9.71. The van der Waals surface area contributed by atoms with Gasteiger partial charge in [-0.25, -0.2) is 5.01 Å². The number of Topliss-reactive ketones (excluding diaryl/α,β-unsaturated/α-hetero) is 1. The Hall–Kier alpha value is -1.94. The van der Waals surface area contributed by atoms with Crippen LogP contribution in [0.15, 0.2) is 42.5 Å². The van der Waals surface area contributed by atoms with E-state index in [4.69, 9.17) is 27.9 Å². The van der Waals surface area contributed by atoms with Gasteiger partial charge in [0, 0.05) is 20.8 Å². The van der Waals surface area contributed by atoms with Crippen molar-refractivity contribution in [2.75, 3.05) is 13.7 Å². The lowest BCUT2D eigenvalue weighted by Gasteiger charge is -2.30. The first-order chi connectivity index (χ1) is 16.6. The minimum Gasteiger partial charge on any atom is -0.497 e. The molecule has 11 heteroatoms. The Morgan fingerprint density at radius 1 is 0.943 bits per heavy atom. The molecular weight excluding hydrogens is 627 g/mol. The summed E-state index contributed by atoms with van der Waals surface area (Å²) >= 11 is 19.2. The Morgan fingerprint density at radius 2 is 1.49 bits per heavy atom. The van der Waals surface area contributed by atoms with Crippen molar-refractivity contribution in [3.05, 3.63) is 63.6 Å². The van der Waals surface area contributed by atoms with Crippen molar-refractivity contribution in [1.82, 2.24) is 10.0 Å². The standard InChI is InChI=1S/C24H20Br2Cl2N2O5/c1-35-14-5-2-12(3-6-14)21(31)11-29(22(32)13-4-7-19(27)20(28)8-13)30-23(33)15-9-17(25)18(26)10-16(15)24(30)34/h2-8,15-18H,9-11H2,1H3/t15-,16-,17-,18+/m1/s1. The number of halogens is 4.